The van der Waals surface area contributed by atoms with Gasteiger partial charge in [0.25, 0.3) is 0 Å². The van der Waals surface area contributed by atoms with Crippen LogP contribution in [-0.2, 0) is 0 Å². The summed E-state index contributed by atoms with van der Waals surface area (Å²) >= 11 is 12.3. The van der Waals surface area contributed by atoms with Crippen LogP contribution in [0.2, 0.25) is 5.02 Å². The molecule has 0 spiro atoms. The number of imidazole rings is 1. The molecule has 0 aromatic carbocycles. The van der Waals surface area contributed by atoms with Crippen molar-refractivity contribution in [1.82, 2.24) is 14.5 Å². The van der Waals surface area contributed by atoms with E-state index in [1.165, 1.54) is 19.3 Å². The number of aromatic nitrogens is 3. The van der Waals surface area contributed by atoms with E-state index in [1.807, 2.05) is 13.0 Å². The molecule has 3 atom stereocenters. The Labute approximate surface area is 122 Å². The average Bonchev–Trinajstić information content (AvgIpc) is 3.00. The van der Waals surface area contributed by atoms with Gasteiger partial charge in [0, 0.05) is 12.2 Å². The zero-order chi connectivity index (χ0) is 13.6. The summed E-state index contributed by atoms with van der Waals surface area (Å²) in [5.41, 5.74) is 1.76. The summed E-state index contributed by atoms with van der Waals surface area (Å²) in [6.07, 6.45) is 5.37. The molecule has 1 aliphatic carbocycles. The Hall–Kier alpha value is -0.800. The summed E-state index contributed by atoms with van der Waals surface area (Å²) in [6, 6.07) is 2.37. The standard InChI is InChI=1S/C14H17Cl2N3/c1-3-4-9-5-12(9)19-13(8(2)15)18-11-6-10(16)7-17-14(11)19/h6-9,12H,3-5H2,1-2H3. The molecule has 0 bridgehead atoms. The number of hydrogen-bond acceptors (Lipinski definition) is 2. The molecular formula is C14H17Cl2N3. The molecule has 1 fully saturated rings. The molecule has 102 valence electrons. The van der Waals surface area contributed by atoms with Crippen molar-refractivity contribution >= 4 is 34.4 Å². The van der Waals surface area contributed by atoms with Crippen LogP contribution in [-0.4, -0.2) is 14.5 Å². The van der Waals surface area contributed by atoms with Crippen LogP contribution in [0.4, 0.5) is 0 Å². The van der Waals surface area contributed by atoms with Gasteiger partial charge in [-0.15, -0.1) is 11.6 Å². The van der Waals surface area contributed by atoms with Gasteiger partial charge in [0.1, 0.15) is 11.3 Å². The molecule has 0 aliphatic heterocycles. The zero-order valence-electron chi connectivity index (χ0n) is 11.1. The summed E-state index contributed by atoms with van der Waals surface area (Å²) in [5, 5.41) is 0.502. The van der Waals surface area contributed by atoms with Crippen molar-refractivity contribution in [1.29, 1.82) is 0 Å². The van der Waals surface area contributed by atoms with Gasteiger partial charge in [0.05, 0.1) is 10.4 Å². The highest BCUT2D eigenvalue weighted by molar-refractivity contribution is 6.31. The van der Waals surface area contributed by atoms with E-state index < -0.39 is 0 Å². The third-order valence-electron chi connectivity index (χ3n) is 3.76. The van der Waals surface area contributed by atoms with Gasteiger partial charge >= 0.3 is 0 Å². The number of pyridine rings is 1. The topological polar surface area (TPSA) is 30.7 Å². The van der Waals surface area contributed by atoms with E-state index in [4.69, 9.17) is 23.2 Å². The maximum Gasteiger partial charge on any atom is 0.160 e. The van der Waals surface area contributed by atoms with E-state index in [1.54, 1.807) is 6.20 Å². The van der Waals surface area contributed by atoms with Crippen molar-refractivity contribution in [3.8, 4) is 0 Å². The molecule has 1 saturated carbocycles. The summed E-state index contributed by atoms with van der Waals surface area (Å²) in [5.74, 6) is 1.66. The Morgan fingerprint density at radius 3 is 3.00 bits per heavy atom. The quantitative estimate of drug-likeness (QED) is 0.763. The van der Waals surface area contributed by atoms with Crippen LogP contribution in [0.3, 0.4) is 0 Å². The Kier molecular flexibility index (Phi) is 3.44. The molecule has 0 amide bonds. The van der Waals surface area contributed by atoms with Crippen molar-refractivity contribution in [2.75, 3.05) is 0 Å². The molecule has 3 nitrogen and oxygen atoms in total. The van der Waals surface area contributed by atoms with Gasteiger partial charge < -0.3 is 4.57 Å². The predicted molar refractivity (Wildman–Crippen MR) is 78.9 cm³/mol. The molecule has 0 saturated heterocycles. The monoisotopic (exact) mass is 297 g/mol. The SMILES string of the molecule is CCCC1CC1n1c(C(C)Cl)nc2cc(Cl)cnc21. The first-order valence-electron chi connectivity index (χ1n) is 6.79. The highest BCUT2D eigenvalue weighted by atomic mass is 35.5. The Morgan fingerprint density at radius 1 is 1.53 bits per heavy atom. The number of rotatable bonds is 4. The normalized spacial score (nSPS) is 23.8. The Morgan fingerprint density at radius 2 is 2.32 bits per heavy atom. The third-order valence-corrected chi connectivity index (χ3v) is 4.16. The first-order chi connectivity index (χ1) is 9.11. The van der Waals surface area contributed by atoms with E-state index in [-0.39, 0.29) is 5.38 Å². The lowest BCUT2D eigenvalue weighted by atomic mass is 10.2. The van der Waals surface area contributed by atoms with Crippen molar-refractivity contribution in [3.05, 3.63) is 23.1 Å². The highest BCUT2D eigenvalue weighted by Gasteiger charge is 2.40. The molecule has 5 heteroatoms. The zero-order valence-corrected chi connectivity index (χ0v) is 12.6. The first kappa shape index (κ1) is 13.2. The van der Waals surface area contributed by atoms with Gasteiger partial charge in [-0.3, -0.25) is 0 Å². The van der Waals surface area contributed by atoms with Crippen LogP contribution in [0.25, 0.3) is 11.2 Å². The van der Waals surface area contributed by atoms with Gasteiger partial charge in [-0.25, -0.2) is 9.97 Å². The van der Waals surface area contributed by atoms with Crippen molar-refractivity contribution in [3.63, 3.8) is 0 Å². The van der Waals surface area contributed by atoms with Crippen LogP contribution < -0.4 is 0 Å². The molecule has 2 heterocycles. The Balaban J connectivity index is 2.08. The second-order valence-corrected chi connectivity index (χ2v) is 6.40. The average molecular weight is 298 g/mol. The number of halogens is 2. The largest absolute Gasteiger partial charge is 0.308 e. The summed E-state index contributed by atoms with van der Waals surface area (Å²) in [7, 11) is 0. The fourth-order valence-electron chi connectivity index (χ4n) is 2.81. The maximum atomic E-state index is 6.27. The minimum atomic E-state index is -0.115. The summed E-state index contributed by atoms with van der Waals surface area (Å²) < 4.78 is 2.23. The molecule has 2 aromatic rings. The summed E-state index contributed by atoms with van der Waals surface area (Å²) in [4.78, 5) is 9.06. The molecule has 1 aliphatic rings. The van der Waals surface area contributed by atoms with Gasteiger partial charge in [0.15, 0.2) is 5.65 Å². The van der Waals surface area contributed by atoms with Crippen LogP contribution in [0.15, 0.2) is 12.3 Å². The Bertz CT molecular complexity index is 606. The van der Waals surface area contributed by atoms with Gasteiger partial charge in [0.2, 0.25) is 0 Å². The number of nitrogens with zero attached hydrogens (tertiary/aromatic N) is 3. The molecule has 0 N–H and O–H groups in total. The van der Waals surface area contributed by atoms with Gasteiger partial charge in [-0.2, -0.15) is 0 Å². The van der Waals surface area contributed by atoms with E-state index in [9.17, 15) is 0 Å². The third kappa shape index (κ3) is 2.34. The molecule has 2 aromatic heterocycles. The lowest BCUT2D eigenvalue weighted by molar-refractivity contribution is 0.595. The molecule has 3 rings (SSSR count). The lowest BCUT2D eigenvalue weighted by Gasteiger charge is -2.09. The van der Waals surface area contributed by atoms with Crippen molar-refractivity contribution < 1.29 is 0 Å². The fraction of sp³-hybridized carbons (Fsp3) is 0.571. The van der Waals surface area contributed by atoms with E-state index in [0.717, 1.165) is 22.9 Å². The second-order valence-electron chi connectivity index (χ2n) is 5.30. The fourth-order valence-corrected chi connectivity index (χ4v) is 3.12. The second kappa shape index (κ2) is 4.95. The lowest BCUT2D eigenvalue weighted by Crippen LogP contribution is -2.04. The van der Waals surface area contributed by atoms with Crippen LogP contribution in [0, 0.1) is 5.92 Å². The van der Waals surface area contributed by atoms with Crippen LogP contribution >= 0.6 is 23.2 Å². The van der Waals surface area contributed by atoms with Crippen molar-refractivity contribution in [2.24, 2.45) is 5.92 Å². The number of hydrogen-bond donors (Lipinski definition) is 0. The van der Waals surface area contributed by atoms with Crippen molar-refractivity contribution in [2.45, 2.75) is 44.5 Å². The van der Waals surface area contributed by atoms with Crippen LogP contribution in [0.1, 0.15) is 50.4 Å². The van der Waals surface area contributed by atoms with E-state index in [0.29, 0.717) is 11.1 Å². The van der Waals surface area contributed by atoms with Crippen LogP contribution in [0.5, 0.6) is 0 Å². The van der Waals surface area contributed by atoms with Gasteiger partial charge in [-0.05, 0) is 31.7 Å². The number of fused-ring (bicyclic) bond motifs is 1. The first-order valence-corrected chi connectivity index (χ1v) is 7.60. The van der Waals surface area contributed by atoms with E-state index in [2.05, 4.69) is 21.5 Å². The molecule has 0 radical (unpaired) electrons. The summed E-state index contributed by atoms with van der Waals surface area (Å²) in [6.45, 7) is 4.18. The minimum Gasteiger partial charge on any atom is -0.308 e. The molecule has 3 unspecified atom stereocenters. The smallest absolute Gasteiger partial charge is 0.160 e. The minimum absolute atomic E-state index is 0.115. The highest BCUT2D eigenvalue weighted by Crippen LogP contribution is 2.49. The van der Waals surface area contributed by atoms with E-state index >= 15 is 0 Å². The number of alkyl halides is 1. The van der Waals surface area contributed by atoms with Gasteiger partial charge in [-0.1, -0.05) is 24.9 Å². The molecule has 19 heavy (non-hydrogen) atoms. The maximum absolute atomic E-state index is 6.27. The predicted octanol–water partition coefficient (Wildman–Crippen LogP) is 4.75. The molecular weight excluding hydrogens is 281 g/mol.